The second kappa shape index (κ2) is 7.64. The first-order valence-electron chi connectivity index (χ1n) is 9.32. The van der Waals surface area contributed by atoms with Gasteiger partial charge in [-0.15, -0.1) is 0 Å². The minimum absolute atomic E-state index is 0.200. The topological polar surface area (TPSA) is 77.1 Å². The van der Waals surface area contributed by atoms with E-state index in [1.807, 2.05) is 57.8 Å². The lowest BCUT2D eigenvalue weighted by Crippen LogP contribution is -2.26. The molecule has 0 radical (unpaired) electrons. The van der Waals surface area contributed by atoms with E-state index in [-0.39, 0.29) is 5.91 Å². The second-order valence-electron chi connectivity index (χ2n) is 6.87. The van der Waals surface area contributed by atoms with Gasteiger partial charge in [0.05, 0.1) is 11.8 Å². The van der Waals surface area contributed by atoms with E-state index in [9.17, 15) is 4.79 Å². The van der Waals surface area contributed by atoms with Gasteiger partial charge in [-0.2, -0.15) is 0 Å². The highest BCUT2D eigenvalue weighted by Gasteiger charge is 2.19. The molecule has 7 nitrogen and oxygen atoms in total. The number of rotatable bonds is 6. The largest absolute Gasteiger partial charge is 0.350 e. The van der Waals surface area contributed by atoms with Crippen molar-refractivity contribution in [1.82, 2.24) is 29.2 Å². The third-order valence-electron chi connectivity index (χ3n) is 4.58. The Bertz CT molecular complexity index is 1100. The summed E-state index contributed by atoms with van der Waals surface area (Å²) in [5, 5.41) is 2.95. The number of aromatic nitrogens is 5. The summed E-state index contributed by atoms with van der Waals surface area (Å²) in [5.41, 5.74) is 2.84. The van der Waals surface area contributed by atoms with Gasteiger partial charge in [0.1, 0.15) is 5.69 Å². The summed E-state index contributed by atoms with van der Waals surface area (Å²) in [6.45, 7) is 4.68. The van der Waals surface area contributed by atoms with Crippen LogP contribution in [0.15, 0.2) is 61.3 Å². The average Bonchev–Trinajstić information content (AvgIpc) is 3.34. The van der Waals surface area contributed by atoms with E-state index in [0.717, 1.165) is 16.9 Å². The molecule has 1 N–H and O–H groups in total. The highest BCUT2D eigenvalue weighted by Crippen LogP contribution is 2.22. The molecule has 0 bridgehead atoms. The van der Waals surface area contributed by atoms with E-state index < -0.39 is 0 Å². The summed E-state index contributed by atoms with van der Waals surface area (Å²) in [4.78, 5) is 26.1. The van der Waals surface area contributed by atoms with Gasteiger partial charge in [0.25, 0.3) is 5.91 Å². The Morgan fingerprint density at radius 1 is 1.14 bits per heavy atom. The third kappa shape index (κ3) is 3.51. The average molecular weight is 374 g/mol. The van der Waals surface area contributed by atoms with Gasteiger partial charge >= 0.3 is 0 Å². The minimum atomic E-state index is -0.200. The van der Waals surface area contributed by atoms with Crippen molar-refractivity contribution in [3.05, 3.63) is 72.7 Å². The molecule has 0 saturated carbocycles. The van der Waals surface area contributed by atoms with E-state index in [2.05, 4.69) is 34.1 Å². The zero-order valence-corrected chi connectivity index (χ0v) is 15.9. The maximum Gasteiger partial charge on any atom is 0.272 e. The summed E-state index contributed by atoms with van der Waals surface area (Å²) >= 11 is 0. The van der Waals surface area contributed by atoms with Gasteiger partial charge in [0, 0.05) is 43.3 Å². The van der Waals surface area contributed by atoms with Crippen LogP contribution in [0, 0.1) is 0 Å². The molecule has 4 rings (SSSR count). The fraction of sp³-hybridized carbons (Fsp3) is 0.238. The van der Waals surface area contributed by atoms with Crippen LogP contribution in [0.4, 0.5) is 0 Å². The van der Waals surface area contributed by atoms with Gasteiger partial charge < -0.3 is 9.88 Å². The molecule has 28 heavy (non-hydrogen) atoms. The molecule has 0 aliphatic rings. The Morgan fingerprint density at radius 3 is 2.75 bits per heavy atom. The maximum absolute atomic E-state index is 12.8. The van der Waals surface area contributed by atoms with Gasteiger partial charge in [-0.05, 0) is 38.1 Å². The number of imidazole rings is 2. The second-order valence-corrected chi connectivity index (χ2v) is 6.87. The molecule has 0 aliphatic heterocycles. The summed E-state index contributed by atoms with van der Waals surface area (Å²) in [5.74, 6) is 0.457. The molecule has 7 heteroatoms. The van der Waals surface area contributed by atoms with Crippen LogP contribution in [0.25, 0.3) is 17.0 Å². The van der Waals surface area contributed by atoms with Crippen molar-refractivity contribution < 1.29 is 4.79 Å². The standard InChI is InChI=1S/C21H22N6O/c1-15(2)26-13-17(24-14-26)20-25-19(18-8-4-6-12-27(18)20)21(28)23-11-9-16-7-3-5-10-22-16/h3-8,10,12-15H,9,11H2,1-2H3,(H,23,28). The lowest BCUT2D eigenvalue weighted by molar-refractivity contribution is 0.0951. The monoisotopic (exact) mass is 374 g/mol. The highest BCUT2D eigenvalue weighted by atomic mass is 16.1. The van der Waals surface area contributed by atoms with Crippen molar-refractivity contribution in [3.63, 3.8) is 0 Å². The van der Waals surface area contributed by atoms with Gasteiger partial charge in [0.15, 0.2) is 11.5 Å². The lowest BCUT2D eigenvalue weighted by atomic mass is 10.2. The number of hydrogen-bond donors (Lipinski definition) is 1. The zero-order chi connectivity index (χ0) is 19.5. The summed E-state index contributed by atoms with van der Waals surface area (Å²) in [6.07, 6.45) is 8.06. The third-order valence-corrected chi connectivity index (χ3v) is 4.58. The van der Waals surface area contributed by atoms with Crippen LogP contribution in [0.3, 0.4) is 0 Å². The molecule has 0 atom stereocenters. The Hall–Kier alpha value is -3.48. The van der Waals surface area contributed by atoms with Crippen molar-refractivity contribution in [1.29, 1.82) is 0 Å². The number of hydrogen-bond acceptors (Lipinski definition) is 4. The molecule has 142 valence electrons. The van der Waals surface area contributed by atoms with Gasteiger partial charge in [0.2, 0.25) is 0 Å². The molecule has 0 aliphatic carbocycles. The van der Waals surface area contributed by atoms with Gasteiger partial charge in [-0.1, -0.05) is 12.1 Å². The Balaban J connectivity index is 1.59. The molecular weight excluding hydrogens is 352 g/mol. The van der Waals surface area contributed by atoms with Crippen LogP contribution in [0.2, 0.25) is 0 Å². The zero-order valence-electron chi connectivity index (χ0n) is 15.9. The molecule has 4 heterocycles. The van der Waals surface area contributed by atoms with Gasteiger partial charge in [-0.3, -0.25) is 14.2 Å². The van der Waals surface area contributed by atoms with Crippen LogP contribution < -0.4 is 5.32 Å². The summed E-state index contributed by atoms with van der Waals surface area (Å²) in [6, 6.07) is 11.8. The number of amides is 1. The molecular formula is C21H22N6O. The Morgan fingerprint density at radius 2 is 2.00 bits per heavy atom. The minimum Gasteiger partial charge on any atom is -0.350 e. The van der Waals surface area contributed by atoms with Crippen LogP contribution in [-0.2, 0) is 6.42 Å². The maximum atomic E-state index is 12.8. The Kier molecular flexibility index (Phi) is 4.89. The van der Waals surface area contributed by atoms with Gasteiger partial charge in [-0.25, -0.2) is 9.97 Å². The van der Waals surface area contributed by atoms with Crippen LogP contribution in [-0.4, -0.2) is 36.4 Å². The lowest BCUT2D eigenvalue weighted by Gasteiger charge is -2.03. The summed E-state index contributed by atoms with van der Waals surface area (Å²) in [7, 11) is 0. The van der Waals surface area contributed by atoms with Crippen molar-refractivity contribution >= 4 is 11.4 Å². The highest BCUT2D eigenvalue weighted by molar-refractivity contribution is 5.99. The molecule has 0 spiro atoms. The first-order chi connectivity index (χ1) is 13.6. The molecule has 0 fully saturated rings. The quantitative estimate of drug-likeness (QED) is 0.562. The van der Waals surface area contributed by atoms with Crippen LogP contribution >= 0.6 is 0 Å². The molecule has 1 amide bonds. The Labute approximate surface area is 163 Å². The van der Waals surface area contributed by atoms with E-state index in [4.69, 9.17) is 0 Å². The number of carbonyl (C=O) groups excluding carboxylic acids is 1. The summed E-state index contributed by atoms with van der Waals surface area (Å²) < 4.78 is 3.92. The normalized spacial score (nSPS) is 11.2. The fourth-order valence-corrected chi connectivity index (χ4v) is 3.05. The molecule has 4 aromatic rings. The van der Waals surface area contributed by atoms with Crippen molar-refractivity contribution in [2.45, 2.75) is 26.3 Å². The molecule has 4 aromatic heterocycles. The van der Waals surface area contributed by atoms with Crippen molar-refractivity contribution in [2.24, 2.45) is 0 Å². The molecule has 0 saturated heterocycles. The van der Waals surface area contributed by atoms with Crippen LogP contribution in [0.5, 0.6) is 0 Å². The number of fused-ring (bicyclic) bond motifs is 1. The van der Waals surface area contributed by atoms with E-state index in [0.29, 0.717) is 30.5 Å². The first kappa shape index (κ1) is 17.9. The van der Waals surface area contributed by atoms with Crippen molar-refractivity contribution in [2.75, 3.05) is 6.54 Å². The predicted molar refractivity (Wildman–Crippen MR) is 107 cm³/mol. The molecule has 0 unspecified atom stereocenters. The smallest absolute Gasteiger partial charge is 0.272 e. The van der Waals surface area contributed by atoms with Crippen molar-refractivity contribution in [3.8, 4) is 11.5 Å². The van der Waals surface area contributed by atoms with E-state index in [1.54, 1.807) is 12.5 Å². The number of nitrogens with one attached hydrogen (secondary N) is 1. The van der Waals surface area contributed by atoms with E-state index in [1.165, 1.54) is 0 Å². The number of pyridine rings is 2. The van der Waals surface area contributed by atoms with E-state index >= 15 is 0 Å². The number of nitrogens with zero attached hydrogens (tertiary/aromatic N) is 5. The SMILES string of the molecule is CC(C)n1cnc(-c2nc(C(=O)NCCc3ccccn3)c3ccccn23)c1. The fourth-order valence-electron chi connectivity index (χ4n) is 3.05. The molecule has 0 aromatic carbocycles. The predicted octanol–water partition coefficient (Wildman–Crippen LogP) is 3.15. The first-order valence-corrected chi connectivity index (χ1v) is 9.32. The number of carbonyl (C=O) groups is 1. The van der Waals surface area contributed by atoms with Crippen LogP contribution in [0.1, 0.15) is 36.1 Å².